The van der Waals surface area contributed by atoms with E-state index in [0.717, 1.165) is 22.3 Å². The Kier molecular flexibility index (Phi) is 3.18. The van der Waals surface area contributed by atoms with Crippen LogP contribution in [0.4, 0.5) is 8.78 Å². The van der Waals surface area contributed by atoms with Crippen LogP contribution in [0.5, 0.6) is 0 Å². The van der Waals surface area contributed by atoms with Gasteiger partial charge in [0, 0.05) is 6.20 Å². The molecule has 1 nitrogen and oxygen atoms in total. The molecule has 0 N–H and O–H groups in total. The molecule has 0 atom stereocenters. The molecule has 0 saturated carbocycles. The van der Waals surface area contributed by atoms with E-state index in [4.69, 9.17) is 0 Å². The fraction of sp³-hybridized carbons (Fsp3) is 0.214. The number of nitrogens with zero attached hydrogens (tertiary/aromatic N) is 1. The van der Waals surface area contributed by atoms with Crippen molar-refractivity contribution < 1.29 is 8.78 Å². The molecule has 0 unspecified atom stereocenters. The number of halogens is 2. The molecule has 0 amide bonds. The van der Waals surface area contributed by atoms with Crippen molar-refractivity contribution in [3.05, 3.63) is 53.3 Å². The van der Waals surface area contributed by atoms with Gasteiger partial charge in [-0.3, -0.25) is 4.98 Å². The minimum Gasteiger partial charge on any atom is -0.255 e. The zero-order valence-electron chi connectivity index (χ0n) is 9.74. The van der Waals surface area contributed by atoms with Crippen LogP contribution in [-0.2, 0) is 0 Å². The molecule has 0 aliphatic rings. The van der Waals surface area contributed by atoms with Crippen LogP contribution in [0.2, 0.25) is 0 Å². The van der Waals surface area contributed by atoms with Crippen LogP contribution in [-0.4, -0.2) is 4.98 Å². The van der Waals surface area contributed by atoms with Crippen LogP contribution < -0.4 is 0 Å². The second-order valence-corrected chi connectivity index (χ2v) is 4.04. The molecule has 0 saturated heterocycles. The molecule has 88 valence electrons. The van der Waals surface area contributed by atoms with Gasteiger partial charge in [0.15, 0.2) is 0 Å². The van der Waals surface area contributed by atoms with Gasteiger partial charge in [0.25, 0.3) is 6.43 Å². The number of pyridine rings is 1. The van der Waals surface area contributed by atoms with E-state index in [1.54, 1.807) is 6.07 Å². The Labute approximate surface area is 99.1 Å². The van der Waals surface area contributed by atoms with Gasteiger partial charge in [-0.1, -0.05) is 18.2 Å². The lowest BCUT2D eigenvalue weighted by atomic mass is 9.96. The summed E-state index contributed by atoms with van der Waals surface area (Å²) in [5.74, 6) is 0. The molecule has 0 bridgehead atoms. The van der Waals surface area contributed by atoms with Crippen LogP contribution >= 0.6 is 0 Å². The Morgan fingerprint density at radius 2 is 1.71 bits per heavy atom. The fourth-order valence-corrected chi connectivity index (χ4v) is 1.99. The minimum absolute atomic E-state index is 0.176. The van der Waals surface area contributed by atoms with E-state index in [9.17, 15) is 8.78 Å². The van der Waals surface area contributed by atoms with Gasteiger partial charge >= 0.3 is 0 Å². The quantitative estimate of drug-likeness (QED) is 0.753. The average molecular weight is 233 g/mol. The van der Waals surface area contributed by atoms with Crippen molar-refractivity contribution in [2.45, 2.75) is 20.3 Å². The van der Waals surface area contributed by atoms with Gasteiger partial charge in [0.1, 0.15) is 5.69 Å². The Hall–Kier alpha value is -1.77. The molecule has 0 aliphatic carbocycles. The first-order valence-electron chi connectivity index (χ1n) is 5.40. The summed E-state index contributed by atoms with van der Waals surface area (Å²) in [6, 6.07) is 9.14. The number of hydrogen-bond acceptors (Lipinski definition) is 1. The van der Waals surface area contributed by atoms with Crippen molar-refractivity contribution in [3.8, 4) is 11.1 Å². The molecule has 1 heterocycles. The number of aryl methyl sites for hydroxylation is 2. The van der Waals surface area contributed by atoms with Gasteiger partial charge in [-0.15, -0.1) is 0 Å². The zero-order chi connectivity index (χ0) is 12.4. The van der Waals surface area contributed by atoms with Crippen LogP contribution in [0.25, 0.3) is 11.1 Å². The van der Waals surface area contributed by atoms with Crippen molar-refractivity contribution >= 4 is 0 Å². The number of hydrogen-bond donors (Lipinski definition) is 0. The van der Waals surface area contributed by atoms with E-state index in [0.29, 0.717) is 0 Å². The molecular formula is C14H13F2N. The SMILES string of the molecule is Cc1cccc(C)c1-c1ccnc(C(F)F)c1. The van der Waals surface area contributed by atoms with Gasteiger partial charge in [0.2, 0.25) is 0 Å². The van der Waals surface area contributed by atoms with Gasteiger partial charge < -0.3 is 0 Å². The lowest BCUT2D eigenvalue weighted by molar-refractivity contribution is 0.146. The Morgan fingerprint density at radius 3 is 2.29 bits per heavy atom. The van der Waals surface area contributed by atoms with E-state index in [-0.39, 0.29) is 5.69 Å². The maximum Gasteiger partial charge on any atom is 0.280 e. The van der Waals surface area contributed by atoms with Gasteiger partial charge in [-0.05, 0) is 48.2 Å². The van der Waals surface area contributed by atoms with Gasteiger partial charge in [0.05, 0.1) is 0 Å². The third-order valence-electron chi connectivity index (χ3n) is 2.77. The number of benzene rings is 1. The zero-order valence-corrected chi connectivity index (χ0v) is 9.74. The summed E-state index contributed by atoms with van der Waals surface area (Å²) in [6.07, 6.45) is -1.10. The summed E-state index contributed by atoms with van der Waals surface area (Å²) >= 11 is 0. The largest absolute Gasteiger partial charge is 0.280 e. The van der Waals surface area contributed by atoms with Crippen molar-refractivity contribution in [3.63, 3.8) is 0 Å². The van der Waals surface area contributed by atoms with Crippen LogP contribution in [0.1, 0.15) is 23.2 Å². The Morgan fingerprint density at radius 1 is 1.06 bits per heavy atom. The number of rotatable bonds is 2. The van der Waals surface area contributed by atoms with Crippen molar-refractivity contribution in [1.82, 2.24) is 4.98 Å². The van der Waals surface area contributed by atoms with Crippen LogP contribution in [0.15, 0.2) is 36.5 Å². The monoisotopic (exact) mass is 233 g/mol. The topological polar surface area (TPSA) is 12.9 Å². The molecule has 2 aromatic rings. The highest BCUT2D eigenvalue weighted by molar-refractivity contribution is 5.70. The normalized spacial score (nSPS) is 10.9. The number of aromatic nitrogens is 1. The summed E-state index contributed by atoms with van der Waals surface area (Å²) in [5, 5.41) is 0. The predicted octanol–water partition coefficient (Wildman–Crippen LogP) is 4.30. The average Bonchev–Trinajstić information content (AvgIpc) is 2.29. The molecule has 1 aromatic carbocycles. The highest BCUT2D eigenvalue weighted by Crippen LogP contribution is 2.29. The Bertz CT molecular complexity index is 515. The first-order chi connectivity index (χ1) is 8.09. The first kappa shape index (κ1) is 11.7. The van der Waals surface area contributed by atoms with Crippen molar-refractivity contribution in [1.29, 1.82) is 0 Å². The lowest BCUT2D eigenvalue weighted by Gasteiger charge is -2.10. The van der Waals surface area contributed by atoms with Gasteiger partial charge in [-0.25, -0.2) is 8.78 Å². The molecule has 1 aromatic heterocycles. The van der Waals surface area contributed by atoms with E-state index in [1.807, 2.05) is 32.0 Å². The maximum atomic E-state index is 12.6. The van der Waals surface area contributed by atoms with Crippen LogP contribution in [0.3, 0.4) is 0 Å². The third kappa shape index (κ3) is 2.33. The molecule has 0 aliphatic heterocycles. The van der Waals surface area contributed by atoms with Gasteiger partial charge in [-0.2, -0.15) is 0 Å². The highest BCUT2D eigenvalue weighted by Gasteiger charge is 2.11. The summed E-state index contributed by atoms with van der Waals surface area (Å²) in [7, 11) is 0. The second-order valence-electron chi connectivity index (χ2n) is 4.04. The standard InChI is InChI=1S/C14H13F2N/c1-9-4-3-5-10(2)13(9)11-6-7-17-12(8-11)14(15)16/h3-8,14H,1-2H3. The summed E-state index contributed by atoms with van der Waals surface area (Å²) in [6.45, 7) is 3.95. The smallest absolute Gasteiger partial charge is 0.255 e. The summed E-state index contributed by atoms with van der Waals surface area (Å²) in [4.78, 5) is 3.67. The van der Waals surface area contributed by atoms with Crippen molar-refractivity contribution in [2.24, 2.45) is 0 Å². The fourth-order valence-electron chi connectivity index (χ4n) is 1.99. The predicted molar refractivity (Wildman–Crippen MR) is 64.1 cm³/mol. The summed E-state index contributed by atoms with van der Waals surface area (Å²) in [5.41, 5.74) is 3.79. The van der Waals surface area contributed by atoms with Crippen LogP contribution in [0, 0.1) is 13.8 Å². The van der Waals surface area contributed by atoms with E-state index >= 15 is 0 Å². The second kappa shape index (κ2) is 4.62. The molecule has 0 spiro atoms. The molecule has 3 heteroatoms. The van der Waals surface area contributed by atoms with E-state index in [1.165, 1.54) is 12.3 Å². The lowest BCUT2D eigenvalue weighted by Crippen LogP contribution is -1.93. The van der Waals surface area contributed by atoms with E-state index in [2.05, 4.69) is 4.98 Å². The Balaban J connectivity index is 2.57. The van der Waals surface area contributed by atoms with E-state index < -0.39 is 6.43 Å². The molecule has 2 rings (SSSR count). The molecular weight excluding hydrogens is 220 g/mol. The molecule has 0 radical (unpaired) electrons. The maximum absolute atomic E-state index is 12.6. The van der Waals surface area contributed by atoms with Crippen molar-refractivity contribution in [2.75, 3.05) is 0 Å². The first-order valence-corrected chi connectivity index (χ1v) is 5.40. The third-order valence-corrected chi connectivity index (χ3v) is 2.77. The number of alkyl halides is 2. The summed E-state index contributed by atoms with van der Waals surface area (Å²) < 4.78 is 25.2. The molecule has 0 fully saturated rings. The highest BCUT2D eigenvalue weighted by atomic mass is 19.3. The molecule has 17 heavy (non-hydrogen) atoms. The minimum atomic E-state index is -2.53.